The fourth-order valence-electron chi connectivity index (χ4n) is 4.31. The van der Waals surface area contributed by atoms with Crippen LogP contribution in [0.1, 0.15) is 35.8 Å². The van der Waals surface area contributed by atoms with Crippen molar-refractivity contribution in [1.29, 1.82) is 0 Å². The quantitative estimate of drug-likeness (QED) is 0.237. The number of aliphatic hydroxyl groups is 2. The number of aliphatic hydroxyl groups excluding tert-OH is 2. The fourth-order valence-corrected chi connectivity index (χ4v) is 5.12. The number of methoxy groups -OCH3 is 2. The molecule has 0 bridgehead atoms. The van der Waals surface area contributed by atoms with E-state index in [0.29, 0.717) is 11.1 Å². The van der Waals surface area contributed by atoms with Crippen molar-refractivity contribution in [1.82, 2.24) is 0 Å². The predicted octanol–water partition coefficient (Wildman–Crippen LogP) is 4.90. The van der Waals surface area contributed by atoms with Gasteiger partial charge in [-0.25, -0.2) is 0 Å². The molecule has 0 radical (unpaired) electrons. The molecule has 2 N–H and O–H groups in total. The van der Waals surface area contributed by atoms with E-state index < -0.39 is 58.0 Å². The van der Waals surface area contributed by atoms with Crippen LogP contribution in [-0.4, -0.2) is 60.4 Å². The third-order valence-electron chi connectivity index (χ3n) is 6.36. The van der Waals surface area contributed by atoms with E-state index in [0.717, 1.165) is 9.79 Å². The minimum atomic E-state index is -1.06. The monoisotopic (exact) mass is 556 g/mol. The minimum Gasteiger partial charge on any atom is -0.504 e. The maximum atomic E-state index is 13.5. The van der Waals surface area contributed by atoms with E-state index in [9.17, 15) is 29.4 Å². The largest absolute Gasteiger partial charge is 0.504 e. The Morgan fingerprint density at radius 1 is 0.684 bits per heavy atom. The number of hydrogen-bond acceptors (Lipinski definition) is 10. The third-order valence-corrected chi connectivity index (χ3v) is 7.85. The molecular formula is C28H28O8S2. The SMILES string of the molecule is COC(=O)CC(C1=C(O)C(=O)C(C(CC(=O)OC)c2ccc(SC)cc2)=C(O)C1=O)c1ccc(SC)cc1. The van der Waals surface area contributed by atoms with Gasteiger partial charge in [0.25, 0.3) is 0 Å². The summed E-state index contributed by atoms with van der Waals surface area (Å²) in [6, 6.07) is 13.8. The molecule has 38 heavy (non-hydrogen) atoms. The van der Waals surface area contributed by atoms with Crippen molar-refractivity contribution in [2.24, 2.45) is 0 Å². The van der Waals surface area contributed by atoms with Gasteiger partial charge in [-0.2, -0.15) is 0 Å². The van der Waals surface area contributed by atoms with Gasteiger partial charge in [0, 0.05) is 21.6 Å². The summed E-state index contributed by atoms with van der Waals surface area (Å²) in [7, 11) is 2.38. The summed E-state index contributed by atoms with van der Waals surface area (Å²) < 4.78 is 9.57. The molecule has 0 heterocycles. The smallest absolute Gasteiger partial charge is 0.306 e. The van der Waals surface area contributed by atoms with E-state index in [-0.39, 0.29) is 12.8 Å². The molecule has 10 heteroatoms. The van der Waals surface area contributed by atoms with E-state index in [1.807, 2.05) is 12.5 Å². The van der Waals surface area contributed by atoms with E-state index in [2.05, 4.69) is 0 Å². The van der Waals surface area contributed by atoms with Crippen LogP contribution >= 0.6 is 23.5 Å². The van der Waals surface area contributed by atoms with Crippen LogP contribution < -0.4 is 0 Å². The normalized spacial score (nSPS) is 15.4. The lowest BCUT2D eigenvalue weighted by molar-refractivity contribution is -0.142. The number of hydrogen-bond donors (Lipinski definition) is 2. The van der Waals surface area contributed by atoms with Crippen molar-refractivity contribution in [3.63, 3.8) is 0 Å². The van der Waals surface area contributed by atoms with Crippen LogP contribution in [0.25, 0.3) is 0 Å². The maximum Gasteiger partial charge on any atom is 0.306 e. The Bertz CT molecular complexity index is 1190. The standard InChI is InChI=1S/C28H28O8S2/c1-35-21(29)13-19(15-5-9-17(37-3)10-6-15)23-25(31)27(33)24(28(34)26(23)32)20(14-22(30)36-2)16-7-11-18(38-4)12-8-16/h5-12,19-20,31,34H,13-14H2,1-4H3. The van der Waals surface area contributed by atoms with E-state index >= 15 is 0 Å². The van der Waals surface area contributed by atoms with Crippen LogP contribution in [-0.2, 0) is 28.7 Å². The molecule has 2 atom stereocenters. The first kappa shape index (κ1) is 29.1. The molecule has 200 valence electrons. The van der Waals surface area contributed by atoms with Gasteiger partial charge < -0.3 is 19.7 Å². The number of thioether (sulfide) groups is 2. The first-order chi connectivity index (χ1) is 18.2. The molecule has 1 aliphatic rings. The number of ketones is 2. The van der Waals surface area contributed by atoms with Crippen LogP contribution in [0.2, 0.25) is 0 Å². The van der Waals surface area contributed by atoms with Crippen molar-refractivity contribution in [3.05, 3.63) is 82.3 Å². The second-order valence-electron chi connectivity index (χ2n) is 8.39. The summed E-state index contributed by atoms with van der Waals surface area (Å²) in [6.07, 6.45) is 3.08. The Kier molecular flexibility index (Phi) is 9.82. The highest BCUT2D eigenvalue weighted by Gasteiger charge is 2.43. The average Bonchev–Trinajstić information content (AvgIpc) is 2.95. The van der Waals surface area contributed by atoms with Gasteiger partial charge in [0.1, 0.15) is 0 Å². The van der Waals surface area contributed by atoms with Gasteiger partial charge in [-0.05, 0) is 47.9 Å². The van der Waals surface area contributed by atoms with Gasteiger partial charge in [0.2, 0.25) is 11.6 Å². The summed E-state index contributed by atoms with van der Waals surface area (Å²) in [5, 5.41) is 22.1. The Morgan fingerprint density at radius 3 is 1.26 bits per heavy atom. The molecule has 0 aromatic heterocycles. The number of carbonyl (C=O) groups is 4. The molecule has 0 amide bonds. The molecule has 2 aromatic rings. The number of esters is 2. The third kappa shape index (κ3) is 6.14. The lowest BCUT2D eigenvalue weighted by Crippen LogP contribution is -2.31. The van der Waals surface area contributed by atoms with Crippen LogP contribution in [0.15, 0.2) is 81.0 Å². The molecule has 8 nitrogen and oxygen atoms in total. The highest BCUT2D eigenvalue weighted by atomic mass is 32.2. The fraction of sp³-hybridized carbons (Fsp3) is 0.286. The maximum absolute atomic E-state index is 13.5. The first-order valence-corrected chi connectivity index (χ1v) is 14.0. The summed E-state index contributed by atoms with van der Waals surface area (Å²) in [6.45, 7) is 0. The Labute approximate surface area is 229 Å². The highest BCUT2D eigenvalue weighted by molar-refractivity contribution is 7.98. The summed E-state index contributed by atoms with van der Waals surface area (Å²) in [4.78, 5) is 53.4. The number of allylic oxidation sites excluding steroid dienone is 2. The Balaban J connectivity index is 2.13. The summed E-state index contributed by atoms with van der Waals surface area (Å²) in [5.41, 5.74) is 0.137. The van der Waals surface area contributed by atoms with E-state index in [1.54, 1.807) is 48.5 Å². The second-order valence-corrected chi connectivity index (χ2v) is 10.2. The Hall–Kier alpha value is -3.50. The van der Waals surface area contributed by atoms with Crippen LogP contribution in [0.5, 0.6) is 0 Å². The molecular weight excluding hydrogens is 528 g/mol. The van der Waals surface area contributed by atoms with Gasteiger partial charge in [-0.1, -0.05) is 24.3 Å². The van der Waals surface area contributed by atoms with Gasteiger partial charge in [0.05, 0.1) is 38.2 Å². The Morgan fingerprint density at radius 2 is 1.00 bits per heavy atom. The molecule has 3 rings (SSSR count). The average molecular weight is 557 g/mol. The van der Waals surface area contributed by atoms with Gasteiger partial charge in [-0.3, -0.25) is 19.2 Å². The molecule has 0 spiro atoms. The highest BCUT2D eigenvalue weighted by Crippen LogP contribution is 2.41. The molecule has 2 aromatic carbocycles. The first-order valence-electron chi connectivity index (χ1n) is 11.5. The number of carbonyl (C=O) groups excluding carboxylic acids is 4. The van der Waals surface area contributed by atoms with Crippen molar-refractivity contribution in [2.75, 3.05) is 26.7 Å². The van der Waals surface area contributed by atoms with Gasteiger partial charge in [0.15, 0.2) is 11.5 Å². The summed E-state index contributed by atoms with van der Waals surface area (Å²) >= 11 is 2.99. The molecule has 0 saturated carbocycles. The topological polar surface area (TPSA) is 127 Å². The molecule has 0 saturated heterocycles. The van der Waals surface area contributed by atoms with Gasteiger partial charge in [-0.15, -0.1) is 23.5 Å². The molecule has 0 aliphatic heterocycles. The lowest BCUT2D eigenvalue weighted by Gasteiger charge is -2.27. The number of ether oxygens (including phenoxy) is 2. The van der Waals surface area contributed by atoms with Crippen LogP contribution in [0, 0.1) is 0 Å². The second kappa shape index (κ2) is 12.8. The lowest BCUT2D eigenvalue weighted by atomic mass is 9.76. The zero-order valence-corrected chi connectivity index (χ0v) is 23.0. The van der Waals surface area contributed by atoms with Crippen LogP contribution in [0.3, 0.4) is 0 Å². The number of Topliss-reactive ketones (excluding diaryl/α,β-unsaturated/α-hetero) is 2. The van der Waals surface area contributed by atoms with Crippen molar-refractivity contribution >= 4 is 47.0 Å². The van der Waals surface area contributed by atoms with E-state index in [4.69, 9.17) is 9.47 Å². The molecule has 0 fully saturated rings. The van der Waals surface area contributed by atoms with E-state index in [1.165, 1.54) is 37.7 Å². The van der Waals surface area contributed by atoms with Crippen molar-refractivity contribution in [2.45, 2.75) is 34.5 Å². The van der Waals surface area contributed by atoms with Crippen molar-refractivity contribution < 1.29 is 38.9 Å². The number of benzene rings is 2. The molecule has 2 unspecified atom stereocenters. The van der Waals surface area contributed by atoms with Gasteiger partial charge >= 0.3 is 11.9 Å². The zero-order valence-electron chi connectivity index (χ0n) is 21.3. The zero-order chi connectivity index (χ0) is 28.0. The van der Waals surface area contributed by atoms with Crippen LogP contribution in [0.4, 0.5) is 0 Å². The molecule has 1 aliphatic carbocycles. The predicted molar refractivity (Wildman–Crippen MR) is 145 cm³/mol. The summed E-state index contributed by atoms with van der Waals surface area (Å²) in [5.74, 6) is -7.24. The van der Waals surface area contributed by atoms with Crippen molar-refractivity contribution in [3.8, 4) is 0 Å². The number of rotatable bonds is 10. The minimum absolute atomic E-state index is 0.349.